The van der Waals surface area contributed by atoms with E-state index in [1.165, 1.54) is 38.9 Å². The Hall–Kier alpha value is -2.58. The van der Waals surface area contributed by atoms with Crippen LogP contribution >= 0.6 is 0 Å². The summed E-state index contributed by atoms with van der Waals surface area (Å²) in [5.74, 6) is 0.825. The van der Waals surface area contributed by atoms with Crippen molar-refractivity contribution in [3.05, 3.63) is 77.4 Å². The Kier molecular flexibility index (Phi) is 4.29. The van der Waals surface area contributed by atoms with E-state index in [0.717, 1.165) is 18.6 Å². The van der Waals surface area contributed by atoms with Crippen LogP contribution in [0, 0.1) is 0 Å². The van der Waals surface area contributed by atoms with E-state index in [1.807, 2.05) is 6.07 Å². The lowest BCUT2D eigenvalue weighted by atomic mass is 9.91. The number of hydrogen-bond donors (Lipinski definition) is 1. The summed E-state index contributed by atoms with van der Waals surface area (Å²) in [6, 6.07) is 21.6. The minimum absolute atomic E-state index is 0.0354. The van der Waals surface area contributed by atoms with Gasteiger partial charge < -0.3 is 9.84 Å². The number of fused-ring (bicyclic) bond motifs is 3. The van der Waals surface area contributed by atoms with Crippen LogP contribution in [0.15, 0.2) is 60.7 Å². The van der Waals surface area contributed by atoms with E-state index in [0.29, 0.717) is 6.61 Å². The van der Waals surface area contributed by atoms with Crippen molar-refractivity contribution >= 4 is 0 Å². The van der Waals surface area contributed by atoms with E-state index >= 15 is 0 Å². The fourth-order valence-corrected chi connectivity index (χ4v) is 3.79. The fourth-order valence-electron chi connectivity index (χ4n) is 3.79. The molecule has 25 heavy (non-hydrogen) atoms. The molecule has 1 aliphatic rings. The third-order valence-electron chi connectivity index (χ3n) is 4.96. The Balaban J connectivity index is 1.79. The fraction of sp³-hybridized carbons (Fsp3) is 0.217. The van der Waals surface area contributed by atoms with E-state index in [-0.39, 0.29) is 6.61 Å². The average molecular weight is 330 g/mol. The van der Waals surface area contributed by atoms with Crippen LogP contribution in [-0.4, -0.2) is 18.3 Å². The normalized spacial score (nSPS) is 11.9. The highest BCUT2D eigenvalue weighted by Gasteiger charge is 2.21. The third kappa shape index (κ3) is 2.83. The molecule has 0 unspecified atom stereocenters. The maximum Gasteiger partial charge on any atom is 0.119 e. The van der Waals surface area contributed by atoms with E-state index in [9.17, 15) is 0 Å². The van der Waals surface area contributed by atoms with Crippen LogP contribution in [0.5, 0.6) is 5.75 Å². The first kappa shape index (κ1) is 15.9. The van der Waals surface area contributed by atoms with Gasteiger partial charge in [-0.1, -0.05) is 55.5 Å². The predicted octanol–water partition coefficient (Wildman–Crippen LogP) is 4.86. The molecule has 0 aliphatic heterocycles. The van der Waals surface area contributed by atoms with Gasteiger partial charge in [0.25, 0.3) is 0 Å². The molecule has 0 radical (unpaired) electrons. The SMILES string of the molecule is CCc1cc(OCCO)ccc1-c1cccc2c1Cc1ccccc1-2. The summed E-state index contributed by atoms with van der Waals surface area (Å²) >= 11 is 0. The largest absolute Gasteiger partial charge is 0.491 e. The van der Waals surface area contributed by atoms with Crippen LogP contribution in [0.3, 0.4) is 0 Å². The van der Waals surface area contributed by atoms with E-state index < -0.39 is 0 Å². The van der Waals surface area contributed by atoms with Crippen molar-refractivity contribution in [2.75, 3.05) is 13.2 Å². The maximum absolute atomic E-state index is 8.95. The molecular formula is C23H22O2. The van der Waals surface area contributed by atoms with Crippen molar-refractivity contribution in [1.29, 1.82) is 0 Å². The highest BCUT2D eigenvalue weighted by Crippen LogP contribution is 2.42. The highest BCUT2D eigenvalue weighted by molar-refractivity contribution is 5.85. The van der Waals surface area contributed by atoms with Gasteiger partial charge in [0.2, 0.25) is 0 Å². The van der Waals surface area contributed by atoms with Crippen molar-refractivity contribution in [2.45, 2.75) is 19.8 Å². The smallest absolute Gasteiger partial charge is 0.119 e. The van der Waals surface area contributed by atoms with Crippen molar-refractivity contribution in [3.8, 4) is 28.0 Å². The summed E-state index contributed by atoms with van der Waals surface area (Å²) < 4.78 is 5.58. The Labute approximate surface area is 148 Å². The van der Waals surface area contributed by atoms with Gasteiger partial charge in [0.15, 0.2) is 0 Å². The molecule has 3 aromatic carbocycles. The molecule has 2 heteroatoms. The van der Waals surface area contributed by atoms with Gasteiger partial charge in [0.1, 0.15) is 12.4 Å². The topological polar surface area (TPSA) is 29.5 Å². The molecule has 2 nitrogen and oxygen atoms in total. The van der Waals surface area contributed by atoms with Crippen LogP contribution in [0.4, 0.5) is 0 Å². The van der Waals surface area contributed by atoms with E-state index in [1.54, 1.807) is 0 Å². The molecule has 1 aliphatic carbocycles. The van der Waals surface area contributed by atoms with Crippen LogP contribution in [-0.2, 0) is 12.8 Å². The van der Waals surface area contributed by atoms with Crippen molar-refractivity contribution < 1.29 is 9.84 Å². The summed E-state index contributed by atoms with van der Waals surface area (Å²) in [6.07, 6.45) is 1.94. The molecule has 0 saturated carbocycles. The Morgan fingerprint density at radius 3 is 2.44 bits per heavy atom. The van der Waals surface area contributed by atoms with Gasteiger partial charge in [-0.05, 0) is 63.9 Å². The minimum atomic E-state index is 0.0354. The van der Waals surface area contributed by atoms with Gasteiger partial charge in [-0.25, -0.2) is 0 Å². The highest BCUT2D eigenvalue weighted by atomic mass is 16.5. The van der Waals surface area contributed by atoms with Crippen LogP contribution in [0.2, 0.25) is 0 Å². The molecule has 4 rings (SSSR count). The summed E-state index contributed by atoms with van der Waals surface area (Å²) in [5.41, 5.74) is 9.42. The maximum atomic E-state index is 8.95. The van der Waals surface area contributed by atoms with E-state index in [2.05, 4.69) is 61.5 Å². The molecule has 1 N–H and O–H groups in total. The number of aryl methyl sites for hydroxylation is 1. The molecule has 0 heterocycles. The molecule has 0 aromatic heterocycles. The monoisotopic (exact) mass is 330 g/mol. The molecule has 126 valence electrons. The Bertz CT molecular complexity index is 912. The second kappa shape index (κ2) is 6.73. The zero-order valence-electron chi connectivity index (χ0n) is 14.5. The molecular weight excluding hydrogens is 308 g/mol. The van der Waals surface area contributed by atoms with Crippen LogP contribution in [0.1, 0.15) is 23.6 Å². The summed E-state index contributed by atoms with van der Waals surface area (Å²) in [6.45, 7) is 2.54. The number of rotatable bonds is 5. The Morgan fingerprint density at radius 2 is 1.64 bits per heavy atom. The quantitative estimate of drug-likeness (QED) is 0.566. The van der Waals surface area contributed by atoms with Crippen molar-refractivity contribution in [1.82, 2.24) is 0 Å². The standard InChI is InChI=1S/C23H22O2/c1-2-16-14-18(25-13-12-24)10-11-20(16)22-9-5-8-21-19-7-4-3-6-17(19)15-23(21)22/h3-11,14,24H,2,12-13,15H2,1H3. The lowest BCUT2D eigenvalue weighted by Crippen LogP contribution is -2.02. The molecule has 0 amide bonds. The van der Waals surface area contributed by atoms with Gasteiger partial charge in [0, 0.05) is 0 Å². The lowest BCUT2D eigenvalue weighted by Gasteiger charge is -2.15. The Morgan fingerprint density at radius 1 is 0.880 bits per heavy atom. The van der Waals surface area contributed by atoms with Gasteiger partial charge in [-0.15, -0.1) is 0 Å². The average Bonchev–Trinajstić information content (AvgIpc) is 3.05. The molecule has 0 bridgehead atoms. The minimum Gasteiger partial charge on any atom is -0.491 e. The van der Waals surface area contributed by atoms with Crippen molar-refractivity contribution in [3.63, 3.8) is 0 Å². The number of benzene rings is 3. The molecule has 0 saturated heterocycles. The lowest BCUT2D eigenvalue weighted by molar-refractivity contribution is 0.201. The van der Waals surface area contributed by atoms with Crippen LogP contribution in [0.25, 0.3) is 22.3 Å². The predicted molar refractivity (Wildman–Crippen MR) is 102 cm³/mol. The first-order valence-electron chi connectivity index (χ1n) is 8.89. The van der Waals surface area contributed by atoms with Crippen molar-refractivity contribution in [2.24, 2.45) is 0 Å². The second-order valence-electron chi connectivity index (χ2n) is 6.41. The summed E-state index contributed by atoms with van der Waals surface area (Å²) in [5, 5.41) is 8.95. The summed E-state index contributed by atoms with van der Waals surface area (Å²) in [7, 11) is 0. The summed E-state index contributed by atoms with van der Waals surface area (Å²) in [4.78, 5) is 0. The third-order valence-corrected chi connectivity index (χ3v) is 4.96. The zero-order chi connectivity index (χ0) is 17.2. The number of aliphatic hydroxyl groups excluding tert-OH is 1. The zero-order valence-corrected chi connectivity index (χ0v) is 14.5. The number of ether oxygens (including phenoxy) is 1. The first-order chi connectivity index (χ1) is 12.3. The molecule has 3 aromatic rings. The van der Waals surface area contributed by atoms with Gasteiger partial charge >= 0.3 is 0 Å². The number of hydrogen-bond acceptors (Lipinski definition) is 2. The van der Waals surface area contributed by atoms with Gasteiger partial charge in [-0.2, -0.15) is 0 Å². The van der Waals surface area contributed by atoms with Gasteiger partial charge in [-0.3, -0.25) is 0 Å². The molecule has 0 atom stereocenters. The van der Waals surface area contributed by atoms with E-state index in [4.69, 9.17) is 9.84 Å². The van der Waals surface area contributed by atoms with Gasteiger partial charge in [0.05, 0.1) is 6.61 Å². The molecule has 0 fully saturated rings. The first-order valence-corrected chi connectivity index (χ1v) is 8.89. The van der Waals surface area contributed by atoms with Crippen LogP contribution < -0.4 is 4.74 Å². The molecule has 0 spiro atoms. The second-order valence-corrected chi connectivity index (χ2v) is 6.41. The number of aliphatic hydroxyl groups is 1.